The molecule has 0 bridgehead atoms. The summed E-state index contributed by atoms with van der Waals surface area (Å²) in [4.78, 5) is 29.7. The maximum absolute atomic E-state index is 12.2. The lowest BCUT2D eigenvalue weighted by molar-refractivity contribution is 0.0924. The van der Waals surface area contributed by atoms with Gasteiger partial charge in [0.1, 0.15) is 10.7 Å². The van der Waals surface area contributed by atoms with Gasteiger partial charge in [0, 0.05) is 18.2 Å². The Kier molecular flexibility index (Phi) is 5.35. The normalized spacial score (nSPS) is 10.8. The standard InChI is InChI=1S/C21H18N4O3S/c1-14-19(29-21(23-14)15-6-3-2-4-7-15)16-9-10-18(26)25(24-16)12-11-22-20(27)17-8-5-13-28-17/h2-10,13H,11-12H2,1H3,(H,22,27). The molecule has 1 N–H and O–H groups in total. The van der Waals surface area contributed by atoms with Gasteiger partial charge in [0.15, 0.2) is 5.76 Å². The second-order valence-electron chi connectivity index (χ2n) is 6.31. The van der Waals surface area contributed by atoms with Crippen LogP contribution in [0.1, 0.15) is 16.2 Å². The minimum Gasteiger partial charge on any atom is -0.459 e. The molecular formula is C21H18N4O3S. The Morgan fingerprint density at radius 2 is 1.97 bits per heavy atom. The molecular weight excluding hydrogens is 388 g/mol. The van der Waals surface area contributed by atoms with Crippen LogP contribution in [0.15, 0.2) is 70.1 Å². The van der Waals surface area contributed by atoms with Crippen molar-refractivity contribution in [3.8, 4) is 21.1 Å². The second kappa shape index (κ2) is 8.24. The Bertz CT molecular complexity index is 1180. The molecule has 0 saturated heterocycles. The van der Waals surface area contributed by atoms with Crippen LogP contribution in [0.2, 0.25) is 0 Å². The zero-order valence-corrected chi connectivity index (χ0v) is 16.5. The number of rotatable bonds is 6. The molecule has 29 heavy (non-hydrogen) atoms. The van der Waals surface area contributed by atoms with Crippen LogP contribution in [0.4, 0.5) is 0 Å². The Morgan fingerprint density at radius 1 is 1.14 bits per heavy atom. The average molecular weight is 406 g/mol. The Morgan fingerprint density at radius 3 is 2.72 bits per heavy atom. The minimum absolute atomic E-state index is 0.229. The van der Waals surface area contributed by atoms with E-state index in [2.05, 4.69) is 15.4 Å². The smallest absolute Gasteiger partial charge is 0.287 e. The summed E-state index contributed by atoms with van der Waals surface area (Å²) < 4.78 is 6.40. The summed E-state index contributed by atoms with van der Waals surface area (Å²) in [6, 6.07) is 16.3. The van der Waals surface area contributed by atoms with Crippen molar-refractivity contribution in [2.75, 3.05) is 6.54 Å². The highest BCUT2D eigenvalue weighted by Crippen LogP contribution is 2.33. The molecule has 4 aromatic rings. The number of aryl methyl sites for hydroxylation is 1. The predicted octanol–water partition coefficient (Wildman–Crippen LogP) is 3.37. The van der Waals surface area contributed by atoms with Crippen molar-refractivity contribution in [1.82, 2.24) is 20.1 Å². The van der Waals surface area contributed by atoms with Gasteiger partial charge in [-0.05, 0) is 25.1 Å². The van der Waals surface area contributed by atoms with E-state index < -0.39 is 0 Å². The van der Waals surface area contributed by atoms with Crippen molar-refractivity contribution in [1.29, 1.82) is 0 Å². The lowest BCUT2D eigenvalue weighted by Crippen LogP contribution is -2.31. The van der Waals surface area contributed by atoms with Gasteiger partial charge in [0.25, 0.3) is 11.5 Å². The van der Waals surface area contributed by atoms with E-state index in [1.165, 1.54) is 28.3 Å². The van der Waals surface area contributed by atoms with Crippen LogP contribution in [0.3, 0.4) is 0 Å². The lowest BCUT2D eigenvalue weighted by atomic mass is 10.2. The van der Waals surface area contributed by atoms with Crippen molar-refractivity contribution in [2.24, 2.45) is 0 Å². The fraction of sp³-hybridized carbons (Fsp3) is 0.143. The quantitative estimate of drug-likeness (QED) is 0.530. The van der Waals surface area contributed by atoms with Crippen molar-refractivity contribution in [2.45, 2.75) is 13.5 Å². The second-order valence-corrected chi connectivity index (χ2v) is 7.31. The first-order valence-electron chi connectivity index (χ1n) is 9.05. The highest BCUT2D eigenvalue weighted by molar-refractivity contribution is 7.18. The summed E-state index contributed by atoms with van der Waals surface area (Å²) >= 11 is 1.54. The van der Waals surface area contributed by atoms with Gasteiger partial charge < -0.3 is 9.73 Å². The molecule has 0 fully saturated rings. The number of amides is 1. The highest BCUT2D eigenvalue weighted by atomic mass is 32.1. The van der Waals surface area contributed by atoms with Crippen LogP contribution in [-0.2, 0) is 6.54 Å². The van der Waals surface area contributed by atoms with E-state index in [-0.39, 0.29) is 30.3 Å². The minimum atomic E-state index is -0.329. The first-order valence-corrected chi connectivity index (χ1v) is 9.86. The summed E-state index contributed by atoms with van der Waals surface area (Å²) in [5, 5.41) is 8.09. The lowest BCUT2D eigenvalue weighted by Gasteiger charge is -2.07. The maximum atomic E-state index is 12.2. The Balaban J connectivity index is 1.52. The third-order valence-corrected chi connectivity index (χ3v) is 5.50. The molecule has 1 amide bonds. The van der Waals surface area contributed by atoms with Crippen molar-refractivity contribution in [3.63, 3.8) is 0 Å². The van der Waals surface area contributed by atoms with E-state index in [9.17, 15) is 9.59 Å². The molecule has 7 nitrogen and oxygen atoms in total. The fourth-order valence-corrected chi connectivity index (χ4v) is 3.88. The summed E-state index contributed by atoms with van der Waals surface area (Å²) in [7, 11) is 0. The van der Waals surface area contributed by atoms with Crippen molar-refractivity contribution < 1.29 is 9.21 Å². The number of aromatic nitrogens is 3. The molecule has 8 heteroatoms. The SMILES string of the molecule is Cc1nc(-c2ccccc2)sc1-c1ccc(=O)n(CCNC(=O)c2ccco2)n1. The number of thiazole rings is 1. The molecule has 0 aliphatic carbocycles. The monoisotopic (exact) mass is 406 g/mol. The number of carbonyl (C=O) groups is 1. The predicted molar refractivity (Wildman–Crippen MR) is 111 cm³/mol. The van der Waals surface area contributed by atoms with Gasteiger partial charge in [0.05, 0.1) is 23.4 Å². The van der Waals surface area contributed by atoms with E-state index in [1.54, 1.807) is 18.2 Å². The van der Waals surface area contributed by atoms with Gasteiger partial charge in [0.2, 0.25) is 0 Å². The number of carbonyl (C=O) groups excluding carboxylic acids is 1. The van der Waals surface area contributed by atoms with Crippen molar-refractivity contribution >= 4 is 17.2 Å². The zero-order valence-electron chi connectivity index (χ0n) is 15.7. The van der Waals surface area contributed by atoms with Gasteiger partial charge in [-0.3, -0.25) is 9.59 Å². The first-order chi connectivity index (χ1) is 14.1. The third-order valence-electron chi connectivity index (χ3n) is 4.27. The topological polar surface area (TPSA) is 90.0 Å². The Labute approximate surface area is 170 Å². The zero-order chi connectivity index (χ0) is 20.2. The van der Waals surface area contributed by atoms with Gasteiger partial charge in [-0.15, -0.1) is 11.3 Å². The van der Waals surface area contributed by atoms with Crippen LogP contribution in [0, 0.1) is 6.92 Å². The van der Waals surface area contributed by atoms with Crippen molar-refractivity contribution in [3.05, 3.63) is 82.7 Å². The van der Waals surface area contributed by atoms with E-state index >= 15 is 0 Å². The van der Waals surface area contributed by atoms with Gasteiger partial charge in [-0.25, -0.2) is 9.67 Å². The van der Waals surface area contributed by atoms with E-state index in [0.717, 1.165) is 21.1 Å². The molecule has 0 atom stereocenters. The highest BCUT2D eigenvalue weighted by Gasteiger charge is 2.14. The van der Waals surface area contributed by atoms with E-state index in [4.69, 9.17) is 4.42 Å². The van der Waals surface area contributed by atoms with Crippen LogP contribution in [0.25, 0.3) is 21.1 Å². The largest absolute Gasteiger partial charge is 0.459 e. The number of furan rings is 1. The number of hydrogen-bond acceptors (Lipinski definition) is 6. The van der Waals surface area contributed by atoms with E-state index in [0.29, 0.717) is 5.69 Å². The molecule has 0 aliphatic rings. The molecule has 1 aromatic carbocycles. The third kappa shape index (κ3) is 4.17. The van der Waals surface area contributed by atoms with Crippen LogP contribution in [0.5, 0.6) is 0 Å². The van der Waals surface area contributed by atoms with Crippen LogP contribution >= 0.6 is 11.3 Å². The average Bonchev–Trinajstić information content (AvgIpc) is 3.40. The number of benzene rings is 1. The van der Waals surface area contributed by atoms with Gasteiger partial charge in [-0.2, -0.15) is 5.10 Å². The first kappa shape index (κ1) is 18.8. The molecule has 0 spiro atoms. The Hall–Kier alpha value is -3.52. The summed E-state index contributed by atoms with van der Waals surface area (Å²) in [6.07, 6.45) is 1.44. The molecule has 3 aromatic heterocycles. The molecule has 3 heterocycles. The fourth-order valence-electron chi connectivity index (χ4n) is 2.84. The van der Waals surface area contributed by atoms with Crippen LogP contribution in [-0.4, -0.2) is 27.2 Å². The summed E-state index contributed by atoms with van der Waals surface area (Å²) in [5.41, 5.74) is 2.35. The van der Waals surface area contributed by atoms with Gasteiger partial charge in [-0.1, -0.05) is 30.3 Å². The molecule has 0 aliphatic heterocycles. The number of hydrogen-bond donors (Lipinski definition) is 1. The summed E-state index contributed by atoms with van der Waals surface area (Å²) in [6.45, 7) is 2.44. The number of nitrogens with one attached hydrogen (secondary N) is 1. The molecule has 0 radical (unpaired) electrons. The molecule has 4 rings (SSSR count). The number of nitrogens with zero attached hydrogens (tertiary/aromatic N) is 3. The van der Waals surface area contributed by atoms with Crippen LogP contribution < -0.4 is 10.9 Å². The van der Waals surface area contributed by atoms with E-state index in [1.807, 2.05) is 37.3 Å². The molecule has 0 unspecified atom stereocenters. The maximum Gasteiger partial charge on any atom is 0.287 e. The molecule has 0 saturated carbocycles. The van der Waals surface area contributed by atoms with Gasteiger partial charge >= 0.3 is 0 Å². The summed E-state index contributed by atoms with van der Waals surface area (Å²) in [5.74, 6) is -0.0993. The molecule has 146 valence electrons.